The second kappa shape index (κ2) is 11.6. The third-order valence-corrected chi connectivity index (χ3v) is 4.83. The highest BCUT2D eigenvalue weighted by molar-refractivity contribution is 6.09. The molecule has 160 valence electrons. The van der Waals surface area contributed by atoms with Crippen LogP contribution in [0.2, 0.25) is 0 Å². The maximum Gasteiger partial charge on any atom is 0.255 e. The SMILES string of the molecule is CCCCNC(=O)c1ccccc1NC(=O)c1cccc(OCCc2ccccc2)c1. The molecule has 0 fully saturated rings. The Labute approximate surface area is 183 Å². The van der Waals surface area contributed by atoms with Crippen molar-refractivity contribution in [2.24, 2.45) is 0 Å². The van der Waals surface area contributed by atoms with E-state index in [1.165, 1.54) is 5.56 Å². The number of carbonyl (C=O) groups is 2. The Morgan fingerprint density at radius 1 is 0.871 bits per heavy atom. The van der Waals surface area contributed by atoms with Gasteiger partial charge in [0, 0.05) is 18.5 Å². The van der Waals surface area contributed by atoms with E-state index < -0.39 is 0 Å². The third-order valence-electron chi connectivity index (χ3n) is 4.83. The molecule has 0 aliphatic rings. The van der Waals surface area contributed by atoms with Gasteiger partial charge >= 0.3 is 0 Å². The van der Waals surface area contributed by atoms with Gasteiger partial charge in [-0.15, -0.1) is 0 Å². The smallest absolute Gasteiger partial charge is 0.255 e. The van der Waals surface area contributed by atoms with Crippen molar-refractivity contribution in [3.8, 4) is 5.75 Å². The number of amides is 2. The van der Waals surface area contributed by atoms with Gasteiger partial charge in [-0.2, -0.15) is 0 Å². The quantitative estimate of drug-likeness (QED) is 0.452. The van der Waals surface area contributed by atoms with Crippen LogP contribution in [0.4, 0.5) is 5.69 Å². The number of hydrogen-bond acceptors (Lipinski definition) is 3. The number of anilines is 1. The topological polar surface area (TPSA) is 67.4 Å². The molecule has 0 heterocycles. The van der Waals surface area contributed by atoms with Crippen LogP contribution in [0.25, 0.3) is 0 Å². The predicted molar refractivity (Wildman–Crippen MR) is 124 cm³/mol. The van der Waals surface area contributed by atoms with E-state index in [0.29, 0.717) is 35.7 Å². The van der Waals surface area contributed by atoms with Gasteiger partial charge in [0.25, 0.3) is 11.8 Å². The van der Waals surface area contributed by atoms with Gasteiger partial charge in [0.1, 0.15) is 5.75 Å². The van der Waals surface area contributed by atoms with E-state index in [0.717, 1.165) is 19.3 Å². The van der Waals surface area contributed by atoms with E-state index in [-0.39, 0.29) is 11.8 Å². The van der Waals surface area contributed by atoms with Gasteiger partial charge in [-0.1, -0.05) is 61.9 Å². The molecule has 2 amide bonds. The fourth-order valence-electron chi connectivity index (χ4n) is 3.12. The van der Waals surface area contributed by atoms with E-state index in [4.69, 9.17) is 4.74 Å². The molecule has 0 saturated heterocycles. The summed E-state index contributed by atoms with van der Waals surface area (Å²) in [6.45, 7) is 3.20. The van der Waals surface area contributed by atoms with Crippen LogP contribution in [0.1, 0.15) is 46.0 Å². The summed E-state index contributed by atoms with van der Waals surface area (Å²) in [5, 5.41) is 5.74. The van der Waals surface area contributed by atoms with Crippen molar-refractivity contribution in [3.63, 3.8) is 0 Å². The normalized spacial score (nSPS) is 10.4. The van der Waals surface area contributed by atoms with Crippen LogP contribution in [-0.4, -0.2) is 25.0 Å². The van der Waals surface area contributed by atoms with Crippen LogP contribution >= 0.6 is 0 Å². The summed E-state index contributed by atoms with van der Waals surface area (Å²) in [6, 6.07) is 24.2. The number of nitrogens with one attached hydrogen (secondary N) is 2. The lowest BCUT2D eigenvalue weighted by Gasteiger charge is -2.12. The second-order valence-electron chi connectivity index (χ2n) is 7.22. The average Bonchev–Trinajstić information content (AvgIpc) is 2.80. The fraction of sp³-hybridized carbons (Fsp3) is 0.231. The summed E-state index contributed by atoms with van der Waals surface area (Å²) >= 11 is 0. The van der Waals surface area contributed by atoms with Gasteiger partial charge in [0.05, 0.1) is 17.9 Å². The Morgan fingerprint density at radius 3 is 2.45 bits per heavy atom. The zero-order valence-corrected chi connectivity index (χ0v) is 17.8. The van der Waals surface area contributed by atoms with Gasteiger partial charge in [0.2, 0.25) is 0 Å². The van der Waals surface area contributed by atoms with Crippen molar-refractivity contribution < 1.29 is 14.3 Å². The fourth-order valence-corrected chi connectivity index (χ4v) is 3.12. The molecular formula is C26H28N2O3. The highest BCUT2D eigenvalue weighted by atomic mass is 16.5. The Balaban J connectivity index is 1.62. The molecule has 0 radical (unpaired) electrons. The maximum absolute atomic E-state index is 12.8. The molecule has 5 heteroatoms. The van der Waals surface area contributed by atoms with E-state index in [2.05, 4.69) is 29.7 Å². The van der Waals surface area contributed by atoms with Crippen molar-refractivity contribution in [2.45, 2.75) is 26.2 Å². The van der Waals surface area contributed by atoms with Gasteiger partial charge < -0.3 is 15.4 Å². The minimum absolute atomic E-state index is 0.192. The zero-order valence-electron chi connectivity index (χ0n) is 17.8. The summed E-state index contributed by atoms with van der Waals surface area (Å²) in [5.74, 6) is 0.152. The molecule has 3 aromatic carbocycles. The highest BCUT2D eigenvalue weighted by Gasteiger charge is 2.14. The molecule has 0 atom stereocenters. The largest absolute Gasteiger partial charge is 0.493 e. The van der Waals surface area contributed by atoms with E-state index >= 15 is 0 Å². The number of hydrogen-bond donors (Lipinski definition) is 2. The van der Waals surface area contributed by atoms with Crippen molar-refractivity contribution >= 4 is 17.5 Å². The van der Waals surface area contributed by atoms with Crippen molar-refractivity contribution in [1.82, 2.24) is 5.32 Å². The molecule has 0 unspecified atom stereocenters. The lowest BCUT2D eigenvalue weighted by molar-refractivity contribution is 0.0954. The number of unbranched alkanes of at least 4 members (excludes halogenated alkanes) is 1. The zero-order chi connectivity index (χ0) is 21.9. The predicted octanol–water partition coefficient (Wildman–Crippen LogP) is 5.09. The number of benzene rings is 3. The Morgan fingerprint density at radius 2 is 1.65 bits per heavy atom. The maximum atomic E-state index is 12.8. The lowest BCUT2D eigenvalue weighted by atomic mass is 10.1. The molecule has 31 heavy (non-hydrogen) atoms. The van der Waals surface area contributed by atoms with E-state index in [9.17, 15) is 9.59 Å². The van der Waals surface area contributed by atoms with Crippen LogP contribution in [0.5, 0.6) is 5.75 Å². The van der Waals surface area contributed by atoms with Gasteiger partial charge in [-0.3, -0.25) is 9.59 Å². The molecule has 2 N–H and O–H groups in total. The molecule has 3 aromatic rings. The molecule has 0 aromatic heterocycles. The van der Waals surface area contributed by atoms with E-state index in [1.807, 2.05) is 24.3 Å². The monoisotopic (exact) mass is 416 g/mol. The number of para-hydroxylation sites is 1. The van der Waals surface area contributed by atoms with E-state index in [1.54, 1.807) is 42.5 Å². The molecule has 0 aliphatic heterocycles. The summed E-state index contributed by atoms with van der Waals surface area (Å²) in [5.41, 5.74) is 2.60. The van der Waals surface area contributed by atoms with Crippen LogP contribution in [0, 0.1) is 0 Å². The summed E-state index contributed by atoms with van der Waals surface area (Å²) in [6.07, 6.45) is 2.71. The first-order valence-electron chi connectivity index (χ1n) is 10.6. The molecule has 3 rings (SSSR count). The molecule has 5 nitrogen and oxygen atoms in total. The Hall–Kier alpha value is -3.60. The van der Waals surface area contributed by atoms with Gasteiger partial charge in [0.15, 0.2) is 0 Å². The first kappa shape index (κ1) is 22.1. The lowest BCUT2D eigenvalue weighted by Crippen LogP contribution is -2.26. The van der Waals surface area contributed by atoms with Gasteiger partial charge in [-0.05, 0) is 42.3 Å². The molecule has 0 aliphatic carbocycles. The average molecular weight is 417 g/mol. The van der Waals surface area contributed by atoms with Crippen molar-refractivity contribution in [1.29, 1.82) is 0 Å². The molecule has 0 saturated carbocycles. The summed E-state index contributed by atoms with van der Waals surface area (Å²) in [4.78, 5) is 25.3. The third kappa shape index (κ3) is 6.71. The number of ether oxygens (including phenoxy) is 1. The second-order valence-corrected chi connectivity index (χ2v) is 7.22. The standard InChI is InChI=1S/C26H28N2O3/c1-2-3-17-27-26(30)23-14-7-8-15-24(23)28-25(29)21-12-9-13-22(19-21)31-18-16-20-10-5-4-6-11-20/h4-15,19H,2-3,16-18H2,1H3,(H,27,30)(H,28,29). The highest BCUT2D eigenvalue weighted by Crippen LogP contribution is 2.19. The first-order valence-corrected chi connectivity index (χ1v) is 10.6. The number of carbonyl (C=O) groups excluding carboxylic acids is 2. The van der Waals surface area contributed by atoms with Crippen LogP contribution < -0.4 is 15.4 Å². The Kier molecular flexibility index (Phi) is 8.23. The minimum atomic E-state index is -0.290. The molecule has 0 spiro atoms. The van der Waals surface area contributed by atoms with Crippen LogP contribution in [0.3, 0.4) is 0 Å². The van der Waals surface area contributed by atoms with Crippen molar-refractivity contribution in [2.75, 3.05) is 18.5 Å². The van der Waals surface area contributed by atoms with Crippen molar-refractivity contribution in [3.05, 3.63) is 95.6 Å². The minimum Gasteiger partial charge on any atom is -0.493 e. The molecular weight excluding hydrogens is 388 g/mol. The summed E-state index contributed by atoms with van der Waals surface area (Å²) in [7, 11) is 0. The Bertz CT molecular complexity index is 1000. The summed E-state index contributed by atoms with van der Waals surface area (Å²) < 4.78 is 5.82. The van der Waals surface area contributed by atoms with Crippen LogP contribution in [-0.2, 0) is 6.42 Å². The van der Waals surface area contributed by atoms with Crippen LogP contribution in [0.15, 0.2) is 78.9 Å². The van der Waals surface area contributed by atoms with Gasteiger partial charge in [-0.25, -0.2) is 0 Å². The number of rotatable bonds is 10. The first-order chi connectivity index (χ1) is 15.2. The molecule has 0 bridgehead atoms.